The summed E-state index contributed by atoms with van der Waals surface area (Å²) in [6.45, 7) is 12.1. The van der Waals surface area contributed by atoms with Gasteiger partial charge in [0.25, 0.3) is 0 Å². The van der Waals surface area contributed by atoms with Crippen LogP contribution in [0.3, 0.4) is 0 Å². The highest BCUT2D eigenvalue weighted by atomic mass is 15.3. The minimum atomic E-state index is 0.535. The van der Waals surface area contributed by atoms with E-state index in [1.807, 2.05) is 18.2 Å². The summed E-state index contributed by atoms with van der Waals surface area (Å²) in [6.07, 6.45) is 12.4. The molecule has 2 nitrogen and oxygen atoms in total. The molecule has 1 aromatic carbocycles. The van der Waals surface area contributed by atoms with Gasteiger partial charge in [-0.15, -0.1) is 6.58 Å². The lowest BCUT2D eigenvalue weighted by Crippen LogP contribution is -2.16. The number of nitrogens with one attached hydrogen (secondary N) is 1. The lowest BCUT2D eigenvalue weighted by atomic mass is 9.83. The Morgan fingerprint density at radius 1 is 1.29 bits per heavy atom. The molecule has 122 valence electrons. The molecule has 0 saturated carbocycles. The number of rotatable bonds is 4. The summed E-state index contributed by atoms with van der Waals surface area (Å²) in [6, 6.07) is 6.74. The van der Waals surface area contributed by atoms with E-state index in [4.69, 9.17) is 0 Å². The molecule has 2 heteroatoms. The van der Waals surface area contributed by atoms with Crippen LogP contribution in [0.2, 0.25) is 0 Å². The van der Waals surface area contributed by atoms with Gasteiger partial charge in [-0.2, -0.15) is 5.10 Å². The molecule has 0 radical (unpaired) electrons. The SMILES string of the molecule is C=CCc1ccc(C2=C(C3=NNC(=C)C=C3)C=CC(C)C2)cc1C. The molecular weight excluding hydrogens is 292 g/mol. The van der Waals surface area contributed by atoms with Gasteiger partial charge < -0.3 is 0 Å². The van der Waals surface area contributed by atoms with Gasteiger partial charge in [0.2, 0.25) is 0 Å². The van der Waals surface area contributed by atoms with Gasteiger partial charge in [-0.1, -0.05) is 49.9 Å². The molecule has 2 aliphatic rings. The van der Waals surface area contributed by atoms with Gasteiger partial charge in [-0.3, -0.25) is 5.43 Å². The molecule has 1 atom stereocenters. The summed E-state index contributed by atoms with van der Waals surface area (Å²) in [7, 11) is 0. The average molecular weight is 316 g/mol. The quantitative estimate of drug-likeness (QED) is 0.768. The molecule has 3 rings (SSSR count). The molecule has 1 aliphatic heterocycles. The van der Waals surface area contributed by atoms with Crippen molar-refractivity contribution in [3.05, 3.63) is 89.7 Å². The maximum Gasteiger partial charge on any atom is 0.0909 e. The Morgan fingerprint density at radius 3 is 2.79 bits per heavy atom. The van der Waals surface area contributed by atoms with E-state index in [1.165, 1.54) is 27.8 Å². The number of nitrogens with zero attached hydrogens (tertiary/aromatic N) is 1. The first-order valence-electron chi connectivity index (χ1n) is 8.41. The number of hydrogen-bond donors (Lipinski definition) is 1. The first-order chi connectivity index (χ1) is 11.6. The third-order valence-corrected chi connectivity index (χ3v) is 4.54. The first-order valence-corrected chi connectivity index (χ1v) is 8.41. The Morgan fingerprint density at radius 2 is 2.12 bits per heavy atom. The molecule has 0 bridgehead atoms. The van der Waals surface area contributed by atoms with Crippen molar-refractivity contribution in [3.8, 4) is 0 Å². The van der Waals surface area contributed by atoms with Crippen LogP contribution in [0.15, 0.2) is 78.1 Å². The zero-order chi connectivity index (χ0) is 17.1. The Bertz CT molecular complexity index is 803. The molecular formula is C22H24N2. The van der Waals surface area contributed by atoms with Crippen LogP contribution in [0.1, 0.15) is 30.0 Å². The molecule has 0 amide bonds. The van der Waals surface area contributed by atoms with Crippen molar-refractivity contribution in [2.24, 2.45) is 11.0 Å². The predicted molar refractivity (Wildman–Crippen MR) is 104 cm³/mol. The summed E-state index contributed by atoms with van der Waals surface area (Å²) >= 11 is 0. The van der Waals surface area contributed by atoms with Gasteiger partial charge >= 0.3 is 0 Å². The minimum absolute atomic E-state index is 0.535. The number of aryl methyl sites for hydroxylation is 1. The third kappa shape index (κ3) is 3.33. The first kappa shape index (κ1) is 16.3. The average Bonchev–Trinajstić information content (AvgIpc) is 2.58. The second kappa shape index (κ2) is 6.88. The Kier molecular flexibility index (Phi) is 4.66. The molecule has 24 heavy (non-hydrogen) atoms. The van der Waals surface area contributed by atoms with E-state index in [0.29, 0.717) is 5.92 Å². The van der Waals surface area contributed by atoms with Gasteiger partial charge in [0.05, 0.1) is 5.71 Å². The van der Waals surface area contributed by atoms with E-state index < -0.39 is 0 Å². The largest absolute Gasteiger partial charge is 0.279 e. The Hall–Kier alpha value is -2.61. The number of benzene rings is 1. The Balaban J connectivity index is 2.05. The number of allylic oxidation sites excluding steroid dienone is 7. The van der Waals surface area contributed by atoms with Gasteiger partial charge in [0.15, 0.2) is 0 Å². The standard InChI is InChI=1S/C22H24N2/c1-5-6-18-9-10-19(14-16(18)3)21-13-15(2)7-11-20(21)22-12-8-17(4)23-24-22/h5,7-12,14-15,23H,1,4,6,13H2,2-3H3. The highest BCUT2D eigenvalue weighted by molar-refractivity contribution is 6.15. The summed E-state index contributed by atoms with van der Waals surface area (Å²) in [4.78, 5) is 0. The maximum absolute atomic E-state index is 4.46. The molecule has 1 heterocycles. The summed E-state index contributed by atoms with van der Waals surface area (Å²) < 4.78 is 0. The fourth-order valence-corrected chi connectivity index (χ4v) is 3.18. The van der Waals surface area contributed by atoms with Crippen molar-refractivity contribution in [1.82, 2.24) is 5.43 Å². The number of hydrogen-bond acceptors (Lipinski definition) is 2. The van der Waals surface area contributed by atoms with Crippen molar-refractivity contribution in [1.29, 1.82) is 0 Å². The van der Waals surface area contributed by atoms with Crippen molar-refractivity contribution in [2.45, 2.75) is 26.7 Å². The van der Waals surface area contributed by atoms with Gasteiger partial charge in [0.1, 0.15) is 0 Å². The minimum Gasteiger partial charge on any atom is -0.279 e. The van der Waals surface area contributed by atoms with Crippen LogP contribution in [-0.4, -0.2) is 5.71 Å². The number of hydrazone groups is 1. The summed E-state index contributed by atoms with van der Waals surface area (Å²) in [5, 5.41) is 4.46. The van der Waals surface area contributed by atoms with Crippen molar-refractivity contribution >= 4 is 11.3 Å². The fraction of sp³-hybridized carbons (Fsp3) is 0.227. The summed E-state index contributed by atoms with van der Waals surface area (Å²) in [5.74, 6) is 0.535. The summed E-state index contributed by atoms with van der Waals surface area (Å²) in [5.41, 5.74) is 11.2. The van der Waals surface area contributed by atoms with Crippen LogP contribution >= 0.6 is 0 Å². The van der Waals surface area contributed by atoms with E-state index in [9.17, 15) is 0 Å². The Labute approximate surface area is 144 Å². The molecule has 0 fully saturated rings. The predicted octanol–water partition coefficient (Wildman–Crippen LogP) is 5.10. The lowest BCUT2D eigenvalue weighted by Gasteiger charge is -2.22. The van der Waals surface area contributed by atoms with E-state index in [2.05, 4.69) is 67.9 Å². The molecule has 1 N–H and O–H groups in total. The van der Waals surface area contributed by atoms with E-state index >= 15 is 0 Å². The van der Waals surface area contributed by atoms with Gasteiger partial charge in [-0.25, -0.2) is 0 Å². The van der Waals surface area contributed by atoms with Crippen LogP contribution in [0.4, 0.5) is 0 Å². The highest BCUT2D eigenvalue weighted by Crippen LogP contribution is 2.33. The monoisotopic (exact) mass is 316 g/mol. The van der Waals surface area contributed by atoms with Crippen LogP contribution < -0.4 is 5.43 Å². The second-order valence-corrected chi connectivity index (χ2v) is 6.53. The fourth-order valence-electron chi connectivity index (χ4n) is 3.18. The second-order valence-electron chi connectivity index (χ2n) is 6.53. The van der Waals surface area contributed by atoms with E-state index in [-0.39, 0.29) is 0 Å². The van der Waals surface area contributed by atoms with Crippen LogP contribution in [0.25, 0.3) is 5.57 Å². The smallest absolute Gasteiger partial charge is 0.0909 e. The van der Waals surface area contributed by atoms with Crippen molar-refractivity contribution in [2.75, 3.05) is 0 Å². The van der Waals surface area contributed by atoms with Gasteiger partial charge in [-0.05, 0) is 60.1 Å². The van der Waals surface area contributed by atoms with Gasteiger partial charge in [0, 0.05) is 11.3 Å². The zero-order valence-corrected chi connectivity index (χ0v) is 14.5. The zero-order valence-electron chi connectivity index (χ0n) is 14.5. The highest BCUT2D eigenvalue weighted by Gasteiger charge is 2.19. The van der Waals surface area contributed by atoms with Crippen LogP contribution in [0, 0.1) is 12.8 Å². The lowest BCUT2D eigenvalue weighted by molar-refractivity contribution is 0.746. The molecule has 0 saturated heterocycles. The van der Waals surface area contributed by atoms with E-state index in [1.54, 1.807) is 0 Å². The third-order valence-electron chi connectivity index (χ3n) is 4.54. The van der Waals surface area contributed by atoms with Crippen LogP contribution in [-0.2, 0) is 6.42 Å². The maximum atomic E-state index is 4.46. The molecule has 1 aliphatic carbocycles. The normalized spacial score (nSPS) is 20.0. The molecule has 1 aromatic rings. The molecule has 0 spiro atoms. The van der Waals surface area contributed by atoms with Crippen molar-refractivity contribution in [3.63, 3.8) is 0 Å². The van der Waals surface area contributed by atoms with Crippen molar-refractivity contribution < 1.29 is 0 Å². The topological polar surface area (TPSA) is 24.4 Å². The van der Waals surface area contributed by atoms with Crippen LogP contribution in [0.5, 0.6) is 0 Å². The molecule has 0 aromatic heterocycles. The van der Waals surface area contributed by atoms with E-state index in [0.717, 1.165) is 24.3 Å². The molecule has 1 unspecified atom stereocenters.